The molecule has 5 rings (SSSR count). The number of halogens is 5. The Hall–Kier alpha value is -4.25. The molecule has 36 heavy (non-hydrogen) atoms. The predicted octanol–water partition coefficient (Wildman–Crippen LogP) is 5.70. The van der Waals surface area contributed by atoms with Gasteiger partial charge in [0.15, 0.2) is 22.9 Å². The highest BCUT2D eigenvalue weighted by molar-refractivity contribution is 6.30. The van der Waals surface area contributed by atoms with Gasteiger partial charge in [0, 0.05) is 28.9 Å². The smallest absolute Gasteiger partial charge is 0.304 e. The van der Waals surface area contributed by atoms with E-state index in [1.54, 1.807) is 42.6 Å². The number of benzene rings is 2. The maximum Gasteiger partial charge on any atom is 0.433 e. The SMILES string of the molecule is O=C(Nc1ccn(Cc2cccc(F)c2)n1)c1cc2nc(-c3ccc(Cl)cc3)cc(C(F)(F)F)n2n1. The van der Waals surface area contributed by atoms with Crippen molar-refractivity contribution in [3.63, 3.8) is 0 Å². The van der Waals surface area contributed by atoms with Crippen molar-refractivity contribution in [1.29, 1.82) is 0 Å². The molecule has 5 aromatic rings. The van der Waals surface area contributed by atoms with Crippen LogP contribution in [0.2, 0.25) is 5.02 Å². The van der Waals surface area contributed by atoms with Crippen LogP contribution in [0.1, 0.15) is 21.7 Å². The van der Waals surface area contributed by atoms with Crippen molar-refractivity contribution >= 4 is 29.0 Å². The Morgan fingerprint density at radius 2 is 1.78 bits per heavy atom. The number of carbonyl (C=O) groups excluding carboxylic acids is 1. The average Bonchev–Trinajstić information content (AvgIpc) is 3.45. The lowest BCUT2D eigenvalue weighted by atomic mass is 10.1. The van der Waals surface area contributed by atoms with Gasteiger partial charge in [-0.1, -0.05) is 35.9 Å². The maximum absolute atomic E-state index is 13.8. The van der Waals surface area contributed by atoms with E-state index in [4.69, 9.17) is 11.6 Å². The minimum atomic E-state index is -4.75. The molecule has 0 unspecified atom stereocenters. The van der Waals surface area contributed by atoms with Gasteiger partial charge < -0.3 is 5.32 Å². The Kier molecular flexibility index (Phi) is 5.92. The summed E-state index contributed by atoms with van der Waals surface area (Å²) in [7, 11) is 0. The minimum absolute atomic E-state index is 0.0504. The van der Waals surface area contributed by atoms with Crippen molar-refractivity contribution in [1.82, 2.24) is 24.4 Å². The van der Waals surface area contributed by atoms with Crippen LogP contribution < -0.4 is 5.32 Å². The zero-order chi connectivity index (χ0) is 25.4. The molecule has 1 amide bonds. The van der Waals surface area contributed by atoms with Crippen LogP contribution in [-0.4, -0.2) is 30.3 Å². The van der Waals surface area contributed by atoms with E-state index in [9.17, 15) is 22.4 Å². The molecular weight excluding hydrogens is 500 g/mol. The number of carbonyl (C=O) groups is 1. The summed E-state index contributed by atoms with van der Waals surface area (Å²) in [5, 5.41) is 11.0. The van der Waals surface area contributed by atoms with Gasteiger partial charge in [0.25, 0.3) is 5.91 Å². The molecule has 182 valence electrons. The third-order valence-corrected chi connectivity index (χ3v) is 5.46. The van der Waals surface area contributed by atoms with Crippen molar-refractivity contribution in [2.45, 2.75) is 12.7 Å². The summed E-state index contributed by atoms with van der Waals surface area (Å²) >= 11 is 5.87. The quantitative estimate of drug-likeness (QED) is 0.305. The van der Waals surface area contributed by atoms with E-state index in [0.29, 0.717) is 20.7 Å². The molecule has 3 heterocycles. The first-order valence-electron chi connectivity index (χ1n) is 10.5. The first-order valence-corrected chi connectivity index (χ1v) is 10.9. The Bertz CT molecular complexity index is 1580. The highest BCUT2D eigenvalue weighted by atomic mass is 35.5. The lowest BCUT2D eigenvalue weighted by Gasteiger charge is -2.11. The van der Waals surface area contributed by atoms with E-state index in [-0.39, 0.29) is 35.2 Å². The minimum Gasteiger partial charge on any atom is -0.304 e. The number of rotatable bonds is 5. The van der Waals surface area contributed by atoms with E-state index in [2.05, 4.69) is 20.5 Å². The fraction of sp³-hybridized carbons (Fsp3) is 0.0833. The molecular formula is C24H15ClF4N6O. The molecule has 12 heteroatoms. The Morgan fingerprint density at radius 3 is 2.50 bits per heavy atom. The second-order valence-corrected chi connectivity index (χ2v) is 8.25. The van der Waals surface area contributed by atoms with E-state index in [1.807, 2.05) is 0 Å². The largest absolute Gasteiger partial charge is 0.433 e. The van der Waals surface area contributed by atoms with Gasteiger partial charge in [-0.3, -0.25) is 9.48 Å². The number of nitrogens with one attached hydrogen (secondary N) is 1. The summed E-state index contributed by atoms with van der Waals surface area (Å²) in [6.07, 6.45) is -3.18. The summed E-state index contributed by atoms with van der Waals surface area (Å²) in [5.41, 5.74) is -0.384. The van der Waals surface area contributed by atoms with Crippen LogP contribution in [0.25, 0.3) is 16.9 Å². The lowest BCUT2D eigenvalue weighted by Crippen LogP contribution is -2.16. The molecule has 0 spiro atoms. The molecule has 0 atom stereocenters. The van der Waals surface area contributed by atoms with Crippen molar-refractivity contribution < 1.29 is 22.4 Å². The van der Waals surface area contributed by atoms with Gasteiger partial charge in [0.1, 0.15) is 5.82 Å². The van der Waals surface area contributed by atoms with Crippen LogP contribution in [-0.2, 0) is 12.7 Å². The number of hydrogen-bond acceptors (Lipinski definition) is 4. The molecule has 0 bridgehead atoms. The zero-order valence-electron chi connectivity index (χ0n) is 18.2. The third kappa shape index (κ3) is 4.91. The van der Waals surface area contributed by atoms with Crippen molar-refractivity contribution in [2.75, 3.05) is 5.32 Å². The lowest BCUT2D eigenvalue weighted by molar-refractivity contribution is -0.142. The second kappa shape index (κ2) is 9.08. The van der Waals surface area contributed by atoms with Crippen molar-refractivity contribution in [2.24, 2.45) is 0 Å². The number of anilines is 1. The molecule has 3 aromatic heterocycles. The summed E-state index contributed by atoms with van der Waals surface area (Å²) < 4.78 is 56.8. The molecule has 0 radical (unpaired) electrons. The number of alkyl halides is 3. The number of aromatic nitrogens is 5. The zero-order valence-corrected chi connectivity index (χ0v) is 18.9. The molecule has 0 fully saturated rings. The number of fused-ring (bicyclic) bond motifs is 1. The van der Waals surface area contributed by atoms with Gasteiger partial charge in [0.2, 0.25) is 0 Å². The third-order valence-electron chi connectivity index (χ3n) is 5.21. The first-order chi connectivity index (χ1) is 17.2. The molecule has 0 saturated carbocycles. The first kappa shape index (κ1) is 23.5. The molecule has 2 aromatic carbocycles. The van der Waals surface area contributed by atoms with Crippen LogP contribution in [0.4, 0.5) is 23.4 Å². The summed E-state index contributed by atoms with van der Waals surface area (Å²) in [5.74, 6) is -0.997. The predicted molar refractivity (Wildman–Crippen MR) is 124 cm³/mol. The Morgan fingerprint density at radius 1 is 1.00 bits per heavy atom. The highest BCUT2D eigenvalue weighted by Crippen LogP contribution is 2.32. The van der Waals surface area contributed by atoms with Crippen LogP contribution in [0.5, 0.6) is 0 Å². The monoisotopic (exact) mass is 514 g/mol. The van der Waals surface area contributed by atoms with E-state index < -0.39 is 17.8 Å². The van der Waals surface area contributed by atoms with Gasteiger partial charge in [-0.15, -0.1) is 0 Å². The molecule has 0 aliphatic heterocycles. The van der Waals surface area contributed by atoms with Gasteiger partial charge in [-0.2, -0.15) is 23.4 Å². The van der Waals surface area contributed by atoms with Gasteiger partial charge in [-0.25, -0.2) is 13.9 Å². The number of nitrogens with zero attached hydrogens (tertiary/aromatic N) is 5. The highest BCUT2D eigenvalue weighted by Gasteiger charge is 2.35. The van der Waals surface area contributed by atoms with E-state index in [1.165, 1.54) is 22.9 Å². The number of amides is 1. The van der Waals surface area contributed by atoms with Gasteiger partial charge >= 0.3 is 6.18 Å². The molecule has 0 aliphatic carbocycles. The van der Waals surface area contributed by atoms with Crippen LogP contribution in [0, 0.1) is 5.82 Å². The normalized spacial score (nSPS) is 11.7. The topological polar surface area (TPSA) is 77.1 Å². The molecule has 7 nitrogen and oxygen atoms in total. The average molecular weight is 515 g/mol. The van der Waals surface area contributed by atoms with Crippen LogP contribution in [0.15, 0.2) is 72.9 Å². The molecule has 0 aliphatic rings. The van der Waals surface area contributed by atoms with E-state index in [0.717, 1.165) is 12.1 Å². The maximum atomic E-state index is 13.8. The van der Waals surface area contributed by atoms with E-state index >= 15 is 0 Å². The van der Waals surface area contributed by atoms with Crippen molar-refractivity contribution in [3.8, 4) is 11.3 Å². The summed E-state index contributed by atoms with van der Waals surface area (Å²) in [4.78, 5) is 17.0. The Labute approximate surface area is 206 Å². The Balaban J connectivity index is 1.42. The number of hydrogen-bond donors (Lipinski definition) is 1. The van der Waals surface area contributed by atoms with Crippen LogP contribution >= 0.6 is 11.6 Å². The summed E-state index contributed by atoms with van der Waals surface area (Å²) in [6, 6.07) is 15.7. The standard InChI is InChI=1S/C24H15ClF4N6O/c25-16-6-4-15(5-7-16)18-11-20(24(27,28)29)35-22(30-18)12-19(32-35)23(36)31-21-8-9-34(33-21)13-14-2-1-3-17(26)10-14/h1-12H,13H2,(H,31,33,36). The fourth-order valence-corrected chi connectivity index (χ4v) is 3.70. The second-order valence-electron chi connectivity index (χ2n) is 7.81. The fourth-order valence-electron chi connectivity index (χ4n) is 3.58. The van der Waals surface area contributed by atoms with Crippen molar-refractivity contribution in [3.05, 3.63) is 101 Å². The molecule has 0 saturated heterocycles. The molecule has 1 N–H and O–H groups in total. The van der Waals surface area contributed by atoms with Gasteiger partial charge in [0.05, 0.1) is 12.2 Å². The van der Waals surface area contributed by atoms with Gasteiger partial charge in [-0.05, 0) is 35.9 Å². The van der Waals surface area contributed by atoms with Crippen LogP contribution in [0.3, 0.4) is 0 Å². The summed E-state index contributed by atoms with van der Waals surface area (Å²) in [6.45, 7) is 0.258.